The van der Waals surface area contributed by atoms with Gasteiger partial charge in [0.05, 0.1) is 27.9 Å². The Bertz CT molecular complexity index is 647. The third kappa shape index (κ3) is 5.51. The smallest absolute Gasteiger partial charge is 0.254 e. The highest BCUT2D eigenvalue weighted by molar-refractivity contribution is 5.95. The Morgan fingerprint density at radius 3 is 2.11 bits per heavy atom. The van der Waals surface area contributed by atoms with E-state index in [1.54, 1.807) is 17.0 Å². The molecule has 28 heavy (non-hydrogen) atoms. The number of methoxy groups -OCH3 is 3. The molecule has 0 spiro atoms. The molecule has 1 aromatic carbocycles. The topological polar surface area (TPSA) is 80.3 Å². The third-order valence-electron chi connectivity index (χ3n) is 4.79. The average molecular weight is 393 g/mol. The zero-order chi connectivity index (χ0) is 20.5. The number of hydrogen-bond donors (Lipinski definition) is 1. The molecule has 156 valence electrons. The van der Waals surface area contributed by atoms with Crippen molar-refractivity contribution in [3.05, 3.63) is 17.7 Å². The lowest BCUT2D eigenvalue weighted by molar-refractivity contribution is -0.122. The number of rotatable bonds is 9. The maximum atomic E-state index is 12.9. The fourth-order valence-electron chi connectivity index (χ4n) is 3.16. The van der Waals surface area contributed by atoms with E-state index in [4.69, 9.17) is 14.2 Å². The molecule has 2 rings (SSSR count). The fraction of sp³-hybridized carbons (Fsp3) is 0.600. The monoisotopic (exact) mass is 393 g/mol. The minimum Gasteiger partial charge on any atom is -0.493 e. The lowest BCUT2D eigenvalue weighted by atomic mass is 10.1. The van der Waals surface area contributed by atoms with Gasteiger partial charge < -0.3 is 24.4 Å². The van der Waals surface area contributed by atoms with Crippen LogP contribution < -0.4 is 19.5 Å². The summed E-state index contributed by atoms with van der Waals surface area (Å²) in [5.74, 6) is 1.31. The maximum absolute atomic E-state index is 12.9. The summed E-state index contributed by atoms with van der Waals surface area (Å²) in [4.78, 5) is 28.7. The number of piperazine rings is 1. The van der Waals surface area contributed by atoms with Gasteiger partial charge in [0, 0.05) is 38.3 Å². The van der Waals surface area contributed by atoms with E-state index in [2.05, 4.69) is 17.1 Å². The summed E-state index contributed by atoms with van der Waals surface area (Å²) in [6, 6.07) is 3.33. The lowest BCUT2D eigenvalue weighted by Gasteiger charge is -2.34. The Balaban J connectivity index is 1.95. The van der Waals surface area contributed by atoms with Crippen LogP contribution in [0.5, 0.6) is 17.2 Å². The summed E-state index contributed by atoms with van der Waals surface area (Å²) in [5.41, 5.74) is 0.486. The Morgan fingerprint density at radius 2 is 1.61 bits per heavy atom. The summed E-state index contributed by atoms with van der Waals surface area (Å²) in [7, 11) is 4.57. The van der Waals surface area contributed by atoms with Crippen molar-refractivity contribution in [2.24, 2.45) is 0 Å². The van der Waals surface area contributed by atoms with Crippen LogP contribution in [-0.4, -0.2) is 82.2 Å². The number of nitrogens with zero attached hydrogens (tertiary/aromatic N) is 2. The predicted octanol–water partition coefficient (Wildman–Crippen LogP) is 1.39. The minimum atomic E-state index is -0.0914. The van der Waals surface area contributed by atoms with Crippen LogP contribution in [0, 0.1) is 0 Å². The normalized spacial score (nSPS) is 14.5. The number of amides is 2. The quantitative estimate of drug-likeness (QED) is 0.639. The molecular formula is C20H31N3O5. The van der Waals surface area contributed by atoms with Crippen molar-refractivity contribution in [1.29, 1.82) is 0 Å². The molecule has 1 fully saturated rings. The molecule has 1 aliphatic rings. The average Bonchev–Trinajstić information content (AvgIpc) is 2.72. The van der Waals surface area contributed by atoms with Crippen molar-refractivity contribution in [3.8, 4) is 17.2 Å². The van der Waals surface area contributed by atoms with Crippen molar-refractivity contribution >= 4 is 11.8 Å². The largest absolute Gasteiger partial charge is 0.493 e. The van der Waals surface area contributed by atoms with Crippen LogP contribution >= 0.6 is 0 Å². The van der Waals surface area contributed by atoms with Crippen LogP contribution in [-0.2, 0) is 4.79 Å². The van der Waals surface area contributed by atoms with Crippen LogP contribution in [0.1, 0.15) is 30.1 Å². The van der Waals surface area contributed by atoms with Crippen molar-refractivity contribution < 1.29 is 23.8 Å². The fourth-order valence-corrected chi connectivity index (χ4v) is 3.16. The molecule has 0 unspecified atom stereocenters. The van der Waals surface area contributed by atoms with Gasteiger partial charge in [0.2, 0.25) is 11.7 Å². The first-order valence-electron chi connectivity index (χ1n) is 9.62. The first-order chi connectivity index (χ1) is 13.5. The van der Waals surface area contributed by atoms with E-state index in [0.29, 0.717) is 55.5 Å². The molecule has 0 atom stereocenters. The molecule has 0 saturated carbocycles. The Labute approximate surface area is 166 Å². The molecular weight excluding hydrogens is 362 g/mol. The van der Waals surface area contributed by atoms with Gasteiger partial charge in [0.15, 0.2) is 11.5 Å². The molecule has 8 nitrogen and oxygen atoms in total. The Kier molecular flexibility index (Phi) is 8.38. The SMILES string of the molecule is CCCCNC(=O)CN1CCN(C(=O)c2cc(OC)c(OC)c(OC)c2)CC1. The second-order valence-electron chi connectivity index (χ2n) is 6.69. The zero-order valence-electron chi connectivity index (χ0n) is 17.2. The van der Waals surface area contributed by atoms with Gasteiger partial charge in [0.25, 0.3) is 5.91 Å². The predicted molar refractivity (Wildman–Crippen MR) is 106 cm³/mol. The minimum absolute atomic E-state index is 0.0397. The first-order valence-corrected chi connectivity index (χ1v) is 9.62. The highest BCUT2D eigenvalue weighted by Gasteiger charge is 2.25. The van der Waals surface area contributed by atoms with Gasteiger partial charge in [-0.1, -0.05) is 13.3 Å². The molecule has 0 aliphatic carbocycles. The Hall–Kier alpha value is -2.48. The highest BCUT2D eigenvalue weighted by atomic mass is 16.5. The molecule has 1 aromatic rings. The second-order valence-corrected chi connectivity index (χ2v) is 6.69. The van der Waals surface area contributed by atoms with Gasteiger partial charge in [-0.15, -0.1) is 0 Å². The van der Waals surface area contributed by atoms with Crippen LogP contribution in [0.2, 0.25) is 0 Å². The molecule has 2 amide bonds. The van der Waals surface area contributed by atoms with Gasteiger partial charge in [-0.2, -0.15) is 0 Å². The highest BCUT2D eigenvalue weighted by Crippen LogP contribution is 2.38. The first kappa shape index (κ1) is 21.8. The van der Waals surface area contributed by atoms with Gasteiger partial charge in [-0.05, 0) is 18.6 Å². The summed E-state index contributed by atoms with van der Waals surface area (Å²) >= 11 is 0. The van der Waals surface area contributed by atoms with Crippen LogP contribution in [0.15, 0.2) is 12.1 Å². The van der Waals surface area contributed by atoms with Gasteiger partial charge in [0.1, 0.15) is 0 Å². The second kappa shape index (κ2) is 10.8. The Morgan fingerprint density at radius 1 is 1.00 bits per heavy atom. The zero-order valence-corrected chi connectivity index (χ0v) is 17.2. The summed E-state index contributed by atoms with van der Waals surface area (Å²) < 4.78 is 16.0. The maximum Gasteiger partial charge on any atom is 0.254 e. The number of ether oxygens (including phenoxy) is 3. The van der Waals surface area contributed by atoms with E-state index < -0.39 is 0 Å². The van der Waals surface area contributed by atoms with Crippen molar-refractivity contribution in [3.63, 3.8) is 0 Å². The van der Waals surface area contributed by atoms with E-state index in [9.17, 15) is 9.59 Å². The molecule has 8 heteroatoms. The summed E-state index contributed by atoms with van der Waals surface area (Å²) in [6.45, 7) is 5.64. The number of unbranched alkanes of at least 4 members (excludes halogenated alkanes) is 1. The molecule has 0 radical (unpaired) electrons. The molecule has 1 aliphatic heterocycles. The van der Waals surface area contributed by atoms with E-state index in [1.165, 1.54) is 21.3 Å². The van der Waals surface area contributed by atoms with E-state index in [1.807, 2.05) is 0 Å². The number of nitrogens with one attached hydrogen (secondary N) is 1. The van der Waals surface area contributed by atoms with Gasteiger partial charge in [-0.3, -0.25) is 14.5 Å². The third-order valence-corrected chi connectivity index (χ3v) is 4.79. The summed E-state index contributed by atoms with van der Waals surface area (Å²) in [6.07, 6.45) is 2.05. The lowest BCUT2D eigenvalue weighted by Crippen LogP contribution is -2.51. The number of hydrogen-bond acceptors (Lipinski definition) is 6. The molecule has 1 heterocycles. The van der Waals surface area contributed by atoms with Crippen LogP contribution in [0.3, 0.4) is 0 Å². The van der Waals surface area contributed by atoms with Crippen molar-refractivity contribution in [1.82, 2.24) is 15.1 Å². The molecule has 1 saturated heterocycles. The molecule has 1 N–H and O–H groups in total. The van der Waals surface area contributed by atoms with Gasteiger partial charge >= 0.3 is 0 Å². The number of benzene rings is 1. The van der Waals surface area contributed by atoms with Crippen LogP contribution in [0.4, 0.5) is 0 Å². The summed E-state index contributed by atoms with van der Waals surface area (Å²) in [5, 5.41) is 2.93. The molecule has 0 aromatic heterocycles. The van der Waals surface area contributed by atoms with E-state index in [-0.39, 0.29) is 11.8 Å². The van der Waals surface area contributed by atoms with Crippen LogP contribution in [0.25, 0.3) is 0 Å². The van der Waals surface area contributed by atoms with E-state index >= 15 is 0 Å². The molecule has 0 bridgehead atoms. The number of carbonyl (C=O) groups is 2. The van der Waals surface area contributed by atoms with Gasteiger partial charge in [-0.25, -0.2) is 0 Å². The number of carbonyl (C=O) groups excluding carboxylic acids is 2. The van der Waals surface area contributed by atoms with E-state index in [0.717, 1.165) is 19.4 Å². The van der Waals surface area contributed by atoms with Crippen molar-refractivity contribution in [2.45, 2.75) is 19.8 Å². The van der Waals surface area contributed by atoms with Crippen molar-refractivity contribution in [2.75, 3.05) is 60.6 Å². The standard InChI is InChI=1S/C20H31N3O5/c1-5-6-7-21-18(24)14-22-8-10-23(11-9-22)20(25)15-12-16(26-2)19(28-4)17(13-15)27-3/h12-13H,5-11,14H2,1-4H3,(H,21,24).